The summed E-state index contributed by atoms with van der Waals surface area (Å²) in [6, 6.07) is 8.08. The first-order valence-corrected chi connectivity index (χ1v) is 8.86. The number of ether oxygens (including phenoxy) is 1. The number of aliphatic imine (C=N–C) groups is 1. The van der Waals surface area contributed by atoms with Crippen molar-refractivity contribution in [3.05, 3.63) is 41.7 Å². The van der Waals surface area contributed by atoms with Gasteiger partial charge in [0.25, 0.3) is 0 Å². The number of guanidine groups is 1. The van der Waals surface area contributed by atoms with E-state index in [2.05, 4.69) is 10.3 Å². The van der Waals surface area contributed by atoms with Crippen LogP contribution in [0.25, 0.3) is 10.8 Å². The number of carboxylic acid groups (broad SMARTS) is 1. The van der Waals surface area contributed by atoms with Crippen LogP contribution in [0.3, 0.4) is 0 Å². The molecule has 2 amide bonds. The molecule has 28 heavy (non-hydrogen) atoms. The molecule has 1 heterocycles. The van der Waals surface area contributed by atoms with E-state index in [4.69, 9.17) is 9.84 Å². The highest BCUT2D eigenvalue weighted by atomic mass is 19.1. The second kappa shape index (κ2) is 7.10. The lowest BCUT2D eigenvalue weighted by Crippen LogP contribution is -2.46. The van der Waals surface area contributed by atoms with Crippen molar-refractivity contribution in [3.8, 4) is 0 Å². The van der Waals surface area contributed by atoms with Gasteiger partial charge in [-0.2, -0.15) is 0 Å². The Kier molecular flexibility index (Phi) is 4.97. The fourth-order valence-corrected chi connectivity index (χ4v) is 3.37. The molecule has 2 N–H and O–H groups in total. The summed E-state index contributed by atoms with van der Waals surface area (Å²) < 4.78 is 18.8. The first kappa shape index (κ1) is 19.6. The quantitative estimate of drug-likeness (QED) is 0.514. The van der Waals surface area contributed by atoms with Gasteiger partial charge in [-0.1, -0.05) is 19.1 Å². The molecule has 1 unspecified atom stereocenters. The third-order valence-electron chi connectivity index (χ3n) is 4.31. The van der Waals surface area contributed by atoms with Crippen LogP contribution < -0.4 is 10.2 Å². The van der Waals surface area contributed by atoms with Gasteiger partial charge in [0.2, 0.25) is 5.96 Å². The number of nitrogens with zero attached hydrogens (tertiary/aromatic N) is 2. The number of amides is 2. The first-order chi connectivity index (χ1) is 13.0. The maximum Gasteiger partial charge on any atom is 0.434 e. The molecule has 8 heteroatoms. The molecule has 0 saturated carbocycles. The number of nitrogens with one attached hydrogen (secondary N) is 1. The van der Waals surface area contributed by atoms with Gasteiger partial charge in [0.1, 0.15) is 11.4 Å². The van der Waals surface area contributed by atoms with Crippen LogP contribution in [0, 0.1) is 5.82 Å². The zero-order chi connectivity index (χ0) is 20.6. The van der Waals surface area contributed by atoms with Crippen molar-refractivity contribution in [2.24, 2.45) is 4.99 Å². The standard InChI is InChI=1S/C20H22FN3O4/c1-11-10-24(17(22-18(25)26)23-19(27)28-20(2,3)4)15-8-5-12-9-13(21)6-7-14(12)16(11)15/h5-9,11H,10H2,1-4H3,(H,25,26)(H,22,23,27). The third-order valence-corrected chi connectivity index (χ3v) is 4.31. The van der Waals surface area contributed by atoms with Crippen molar-refractivity contribution in [3.63, 3.8) is 0 Å². The predicted molar refractivity (Wildman–Crippen MR) is 104 cm³/mol. The Labute approximate surface area is 161 Å². The zero-order valence-electron chi connectivity index (χ0n) is 16.1. The highest BCUT2D eigenvalue weighted by molar-refractivity contribution is 6.10. The minimum atomic E-state index is -1.44. The Hall–Kier alpha value is -3.16. The molecule has 2 aromatic rings. The second-order valence-electron chi connectivity index (χ2n) is 7.72. The molecule has 0 radical (unpaired) electrons. The lowest BCUT2D eigenvalue weighted by Gasteiger charge is -2.24. The van der Waals surface area contributed by atoms with Crippen molar-refractivity contribution >= 4 is 34.6 Å². The molecule has 1 aliphatic heterocycles. The summed E-state index contributed by atoms with van der Waals surface area (Å²) in [4.78, 5) is 28.6. The topological polar surface area (TPSA) is 91.2 Å². The molecule has 0 bridgehead atoms. The van der Waals surface area contributed by atoms with Crippen LogP contribution in [0.2, 0.25) is 0 Å². The fourth-order valence-electron chi connectivity index (χ4n) is 3.37. The number of hydrogen-bond acceptors (Lipinski definition) is 3. The van der Waals surface area contributed by atoms with Crippen LogP contribution in [0.1, 0.15) is 39.2 Å². The monoisotopic (exact) mass is 387 g/mol. The molecule has 2 aromatic carbocycles. The predicted octanol–water partition coefficient (Wildman–Crippen LogP) is 4.46. The number of carbonyl (C=O) groups excluding carboxylic acids is 1. The summed E-state index contributed by atoms with van der Waals surface area (Å²) in [6.07, 6.45) is -2.23. The summed E-state index contributed by atoms with van der Waals surface area (Å²) in [5.41, 5.74) is 0.916. The Bertz CT molecular complexity index is 981. The van der Waals surface area contributed by atoms with Crippen molar-refractivity contribution < 1.29 is 23.8 Å². The highest BCUT2D eigenvalue weighted by Gasteiger charge is 2.32. The van der Waals surface area contributed by atoms with Crippen LogP contribution in [-0.2, 0) is 4.74 Å². The average molecular weight is 387 g/mol. The molecule has 1 aliphatic rings. The molecule has 1 atom stereocenters. The number of rotatable bonds is 0. The number of carbonyl (C=O) groups is 2. The van der Waals surface area contributed by atoms with E-state index in [-0.39, 0.29) is 17.7 Å². The number of hydrogen-bond donors (Lipinski definition) is 2. The maximum atomic E-state index is 13.6. The Morgan fingerprint density at radius 3 is 2.64 bits per heavy atom. The van der Waals surface area contributed by atoms with Crippen LogP contribution in [-0.4, -0.2) is 35.4 Å². The summed E-state index contributed by atoms with van der Waals surface area (Å²) in [5.74, 6) is -0.438. The molecule has 0 aliphatic carbocycles. The van der Waals surface area contributed by atoms with E-state index >= 15 is 0 Å². The lowest BCUT2D eigenvalue weighted by molar-refractivity contribution is 0.0562. The number of anilines is 1. The first-order valence-electron chi connectivity index (χ1n) is 8.86. The van der Waals surface area contributed by atoms with E-state index in [1.165, 1.54) is 12.1 Å². The van der Waals surface area contributed by atoms with E-state index in [0.717, 1.165) is 16.3 Å². The van der Waals surface area contributed by atoms with Crippen molar-refractivity contribution in [1.29, 1.82) is 0 Å². The number of halogens is 1. The molecular weight excluding hydrogens is 365 g/mol. The molecule has 148 valence electrons. The van der Waals surface area contributed by atoms with Crippen molar-refractivity contribution in [2.75, 3.05) is 11.4 Å². The van der Waals surface area contributed by atoms with Crippen LogP contribution in [0.5, 0.6) is 0 Å². The van der Waals surface area contributed by atoms with E-state index in [9.17, 15) is 14.0 Å². The molecule has 0 spiro atoms. The van der Waals surface area contributed by atoms with Gasteiger partial charge in [-0.3, -0.25) is 5.32 Å². The Morgan fingerprint density at radius 1 is 1.29 bits per heavy atom. The molecular formula is C20H22FN3O4. The van der Waals surface area contributed by atoms with Gasteiger partial charge in [0, 0.05) is 18.2 Å². The summed E-state index contributed by atoms with van der Waals surface area (Å²) in [6.45, 7) is 7.51. The summed E-state index contributed by atoms with van der Waals surface area (Å²) in [5, 5.41) is 13.2. The SMILES string of the molecule is CC1CN(/C(=N/C(=O)O)NC(=O)OC(C)(C)C)c2ccc3cc(F)ccc3c21. The number of benzene rings is 2. The molecule has 7 nitrogen and oxygen atoms in total. The van der Waals surface area contributed by atoms with E-state index in [1.54, 1.807) is 43.9 Å². The van der Waals surface area contributed by atoms with E-state index < -0.39 is 17.8 Å². The molecule has 0 fully saturated rings. The van der Waals surface area contributed by atoms with Gasteiger partial charge in [0.15, 0.2) is 0 Å². The Balaban J connectivity index is 2.01. The van der Waals surface area contributed by atoms with Gasteiger partial charge in [-0.25, -0.2) is 14.0 Å². The van der Waals surface area contributed by atoms with Crippen molar-refractivity contribution in [1.82, 2.24) is 5.32 Å². The smallest absolute Gasteiger partial charge is 0.434 e. The van der Waals surface area contributed by atoms with Crippen LogP contribution >= 0.6 is 0 Å². The van der Waals surface area contributed by atoms with Crippen molar-refractivity contribution in [2.45, 2.75) is 39.2 Å². The highest BCUT2D eigenvalue weighted by Crippen LogP contribution is 2.41. The number of fused-ring (bicyclic) bond motifs is 3. The Morgan fingerprint density at radius 2 is 2.00 bits per heavy atom. The minimum absolute atomic E-state index is 0.0172. The summed E-state index contributed by atoms with van der Waals surface area (Å²) in [7, 11) is 0. The minimum Gasteiger partial charge on any atom is -0.463 e. The zero-order valence-corrected chi connectivity index (χ0v) is 16.1. The summed E-state index contributed by atoms with van der Waals surface area (Å²) >= 11 is 0. The molecule has 3 rings (SSSR count). The van der Waals surface area contributed by atoms with E-state index in [1.807, 2.05) is 6.92 Å². The van der Waals surface area contributed by atoms with Gasteiger partial charge in [-0.05, 0) is 55.3 Å². The average Bonchev–Trinajstić information content (AvgIpc) is 2.89. The maximum absolute atomic E-state index is 13.6. The second-order valence-corrected chi connectivity index (χ2v) is 7.72. The van der Waals surface area contributed by atoms with E-state index in [0.29, 0.717) is 12.2 Å². The molecule has 0 aromatic heterocycles. The van der Waals surface area contributed by atoms with Gasteiger partial charge in [0.05, 0.1) is 0 Å². The largest absolute Gasteiger partial charge is 0.463 e. The normalized spacial score (nSPS) is 16.8. The van der Waals surface area contributed by atoms with Crippen LogP contribution in [0.15, 0.2) is 35.3 Å². The van der Waals surface area contributed by atoms with Crippen LogP contribution in [0.4, 0.5) is 19.7 Å². The van der Waals surface area contributed by atoms with Gasteiger partial charge >= 0.3 is 12.2 Å². The molecule has 0 saturated heterocycles. The fraction of sp³-hybridized carbons (Fsp3) is 0.350. The van der Waals surface area contributed by atoms with Gasteiger partial charge in [-0.15, -0.1) is 4.99 Å². The third kappa shape index (κ3) is 4.05. The number of alkyl carbamates (subject to hydrolysis) is 1. The van der Waals surface area contributed by atoms with Gasteiger partial charge < -0.3 is 14.7 Å². The lowest BCUT2D eigenvalue weighted by atomic mass is 9.96.